The van der Waals surface area contributed by atoms with Crippen molar-refractivity contribution >= 4 is 28.9 Å². The molecule has 3 rings (SSSR count). The van der Waals surface area contributed by atoms with Crippen LogP contribution in [0.5, 0.6) is 0 Å². The lowest BCUT2D eigenvalue weighted by atomic mass is 9.75. The summed E-state index contributed by atoms with van der Waals surface area (Å²) in [6, 6.07) is 15.7. The maximum atomic E-state index is 9.57. The van der Waals surface area contributed by atoms with E-state index in [4.69, 9.17) is 23.2 Å². The lowest BCUT2D eigenvalue weighted by molar-refractivity contribution is 0.271. The summed E-state index contributed by atoms with van der Waals surface area (Å²) in [5, 5.41) is 18.3. The first kappa shape index (κ1) is 17.3. The molecule has 1 heterocycles. The fourth-order valence-electron chi connectivity index (χ4n) is 3.53. The van der Waals surface area contributed by atoms with Crippen LogP contribution in [-0.2, 0) is 0 Å². The highest BCUT2D eigenvalue weighted by molar-refractivity contribution is 6.30. The van der Waals surface area contributed by atoms with Crippen molar-refractivity contribution in [2.45, 2.75) is 25.9 Å². The van der Waals surface area contributed by atoms with Crippen LogP contribution >= 0.6 is 23.2 Å². The van der Waals surface area contributed by atoms with Gasteiger partial charge in [0, 0.05) is 34.0 Å². The van der Waals surface area contributed by atoms with Gasteiger partial charge in [-0.2, -0.15) is 0 Å². The molecule has 5 heteroatoms. The Balaban J connectivity index is 1.98. The normalized spacial score (nSPS) is 28.9. The smallest absolute Gasteiger partial charge is 0.0664 e. The monoisotopic (exact) mass is 362 g/mol. The van der Waals surface area contributed by atoms with E-state index in [0.717, 1.165) is 16.8 Å². The maximum absolute atomic E-state index is 9.57. The van der Waals surface area contributed by atoms with E-state index in [1.807, 2.05) is 48.5 Å². The summed E-state index contributed by atoms with van der Waals surface area (Å²) in [5.41, 5.74) is 3.05. The van der Waals surface area contributed by atoms with Crippen LogP contribution in [0.25, 0.3) is 0 Å². The summed E-state index contributed by atoms with van der Waals surface area (Å²) in [6.07, 6.45) is 0. The lowest BCUT2D eigenvalue weighted by Crippen LogP contribution is -2.46. The predicted molar refractivity (Wildman–Crippen MR) is 99.1 cm³/mol. The molecule has 2 N–H and O–H groups in total. The molecule has 0 saturated carbocycles. The Hall–Kier alpha value is -1.55. The Morgan fingerprint density at radius 3 is 1.50 bits per heavy atom. The Morgan fingerprint density at radius 2 is 1.17 bits per heavy atom. The summed E-state index contributed by atoms with van der Waals surface area (Å²) in [5.74, 6) is 0.157. The van der Waals surface area contributed by atoms with Crippen molar-refractivity contribution in [3.8, 4) is 0 Å². The van der Waals surface area contributed by atoms with Crippen LogP contribution in [0.1, 0.15) is 37.1 Å². The van der Waals surface area contributed by atoms with Crippen LogP contribution in [0.3, 0.4) is 0 Å². The van der Waals surface area contributed by atoms with Crippen molar-refractivity contribution in [2.75, 3.05) is 0 Å². The molecule has 0 aliphatic carbocycles. The molecule has 0 spiro atoms. The second kappa shape index (κ2) is 7.14. The van der Waals surface area contributed by atoms with Crippen molar-refractivity contribution in [3.05, 3.63) is 69.7 Å². The Kier molecular flexibility index (Phi) is 5.14. The van der Waals surface area contributed by atoms with E-state index < -0.39 is 0 Å². The summed E-state index contributed by atoms with van der Waals surface area (Å²) in [7, 11) is 0. The topological polar surface area (TPSA) is 44.6 Å². The van der Waals surface area contributed by atoms with E-state index >= 15 is 0 Å². The van der Waals surface area contributed by atoms with Crippen LogP contribution in [0.2, 0.25) is 10.0 Å². The molecule has 1 aliphatic rings. The molecule has 1 aliphatic heterocycles. The Bertz CT molecular complexity index is 669. The number of piperidine rings is 1. The highest BCUT2D eigenvalue weighted by atomic mass is 35.5. The Morgan fingerprint density at radius 1 is 0.792 bits per heavy atom. The van der Waals surface area contributed by atoms with Crippen molar-refractivity contribution in [1.29, 1.82) is 0 Å². The number of benzene rings is 2. The number of hydrogen-bond acceptors (Lipinski definition) is 3. The standard InChI is InChI=1S/C19H20Cl2N2O/c1-11-17(23-24)12(2)19(14-5-9-16(21)10-6-14)22-18(11)13-3-7-15(20)8-4-13/h3-12,18-19,22,24H,1-2H3/t11-,12+,18-,19+. The van der Waals surface area contributed by atoms with Crippen LogP contribution in [-0.4, -0.2) is 10.9 Å². The van der Waals surface area contributed by atoms with Gasteiger partial charge in [-0.15, -0.1) is 0 Å². The molecular weight excluding hydrogens is 343 g/mol. The number of nitrogens with zero attached hydrogens (tertiary/aromatic N) is 1. The van der Waals surface area contributed by atoms with Crippen molar-refractivity contribution in [3.63, 3.8) is 0 Å². The third-order valence-corrected chi connectivity index (χ3v) is 5.37. The molecule has 1 saturated heterocycles. The van der Waals surface area contributed by atoms with Crippen LogP contribution in [0.15, 0.2) is 53.7 Å². The van der Waals surface area contributed by atoms with Gasteiger partial charge in [0.2, 0.25) is 0 Å². The number of hydrogen-bond donors (Lipinski definition) is 2. The minimum absolute atomic E-state index is 0.0463. The summed E-state index contributed by atoms with van der Waals surface area (Å²) < 4.78 is 0. The zero-order valence-corrected chi connectivity index (χ0v) is 15.1. The first-order chi connectivity index (χ1) is 11.5. The quantitative estimate of drug-likeness (QED) is 0.548. The average molecular weight is 363 g/mol. The largest absolute Gasteiger partial charge is 0.411 e. The molecule has 0 amide bonds. The van der Waals surface area contributed by atoms with Gasteiger partial charge in [-0.05, 0) is 35.4 Å². The summed E-state index contributed by atoms with van der Waals surface area (Å²) in [4.78, 5) is 0. The summed E-state index contributed by atoms with van der Waals surface area (Å²) in [6.45, 7) is 4.16. The molecule has 126 valence electrons. The molecule has 3 nitrogen and oxygen atoms in total. The zero-order valence-electron chi connectivity index (χ0n) is 13.6. The van der Waals surface area contributed by atoms with Crippen molar-refractivity contribution in [1.82, 2.24) is 5.32 Å². The van der Waals surface area contributed by atoms with Gasteiger partial charge in [0.25, 0.3) is 0 Å². The fraction of sp³-hybridized carbons (Fsp3) is 0.316. The van der Waals surface area contributed by atoms with E-state index in [9.17, 15) is 5.21 Å². The van der Waals surface area contributed by atoms with Gasteiger partial charge in [-0.1, -0.05) is 66.5 Å². The van der Waals surface area contributed by atoms with Gasteiger partial charge >= 0.3 is 0 Å². The molecule has 0 radical (unpaired) electrons. The number of halogens is 2. The maximum Gasteiger partial charge on any atom is 0.0664 e. The van der Waals surface area contributed by atoms with E-state index in [1.165, 1.54) is 0 Å². The van der Waals surface area contributed by atoms with Gasteiger partial charge < -0.3 is 10.5 Å². The Labute approximate surface area is 152 Å². The number of rotatable bonds is 2. The minimum Gasteiger partial charge on any atom is -0.411 e. The predicted octanol–water partition coefficient (Wildman–Crippen LogP) is 5.48. The van der Waals surface area contributed by atoms with E-state index in [1.54, 1.807) is 0 Å². The van der Waals surface area contributed by atoms with Gasteiger partial charge in [0.15, 0.2) is 0 Å². The molecule has 2 aromatic rings. The SMILES string of the molecule is C[C@@H]1C(=NO)[C@H](C)[C@@H](c2ccc(Cl)cc2)N[C@H]1c1ccc(Cl)cc1. The first-order valence-corrected chi connectivity index (χ1v) is 8.75. The van der Waals surface area contributed by atoms with Gasteiger partial charge in [0.1, 0.15) is 0 Å². The van der Waals surface area contributed by atoms with Crippen molar-refractivity contribution < 1.29 is 5.21 Å². The molecular formula is C19H20Cl2N2O. The fourth-order valence-corrected chi connectivity index (χ4v) is 3.78. The summed E-state index contributed by atoms with van der Waals surface area (Å²) >= 11 is 12.0. The molecule has 0 bridgehead atoms. The van der Waals surface area contributed by atoms with Gasteiger partial charge in [-0.3, -0.25) is 0 Å². The second-order valence-electron chi connectivity index (χ2n) is 6.33. The second-order valence-corrected chi connectivity index (χ2v) is 7.20. The highest BCUT2D eigenvalue weighted by Crippen LogP contribution is 2.39. The van der Waals surface area contributed by atoms with E-state index in [-0.39, 0.29) is 23.9 Å². The molecule has 0 aromatic heterocycles. The van der Waals surface area contributed by atoms with Crippen LogP contribution in [0, 0.1) is 11.8 Å². The van der Waals surface area contributed by atoms with Gasteiger partial charge in [-0.25, -0.2) is 0 Å². The van der Waals surface area contributed by atoms with Crippen molar-refractivity contribution in [2.24, 2.45) is 17.0 Å². The van der Waals surface area contributed by atoms with E-state index in [0.29, 0.717) is 10.0 Å². The molecule has 2 aromatic carbocycles. The minimum atomic E-state index is 0.0463. The van der Waals surface area contributed by atoms with Gasteiger partial charge in [0.05, 0.1) is 5.71 Å². The molecule has 4 atom stereocenters. The first-order valence-electron chi connectivity index (χ1n) is 8.00. The lowest BCUT2D eigenvalue weighted by Gasteiger charge is -2.41. The van der Waals surface area contributed by atoms with Crippen LogP contribution in [0.4, 0.5) is 0 Å². The molecule has 24 heavy (non-hydrogen) atoms. The average Bonchev–Trinajstić information content (AvgIpc) is 2.58. The van der Waals surface area contributed by atoms with E-state index in [2.05, 4.69) is 24.3 Å². The third-order valence-electron chi connectivity index (χ3n) is 4.87. The highest BCUT2D eigenvalue weighted by Gasteiger charge is 2.39. The zero-order chi connectivity index (χ0) is 17.3. The third kappa shape index (κ3) is 3.30. The number of nitrogens with one attached hydrogen (secondary N) is 1. The molecule has 0 unspecified atom stereocenters. The molecule has 1 fully saturated rings. The number of oxime groups is 1. The van der Waals surface area contributed by atoms with Crippen LogP contribution < -0.4 is 5.32 Å².